The van der Waals surface area contributed by atoms with E-state index < -0.39 is 10.9 Å². The van der Waals surface area contributed by atoms with E-state index in [0.717, 1.165) is 18.1 Å². The van der Waals surface area contributed by atoms with Crippen molar-refractivity contribution in [1.82, 2.24) is 0 Å². The van der Waals surface area contributed by atoms with Crippen molar-refractivity contribution < 1.29 is 24.0 Å². The van der Waals surface area contributed by atoms with Crippen molar-refractivity contribution >= 4 is 23.5 Å². The van der Waals surface area contributed by atoms with Gasteiger partial charge in [0.2, 0.25) is 5.78 Å². The number of benzene rings is 3. The van der Waals surface area contributed by atoms with E-state index in [-0.39, 0.29) is 34.3 Å². The van der Waals surface area contributed by atoms with E-state index in [1.807, 2.05) is 24.3 Å². The quantitative estimate of drug-likeness (QED) is 0.191. The maximum atomic E-state index is 12.6. The normalized spacial score (nSPS) is 13.6. The minimum Gasteiger partial charge on any atom is -0.452 e. The molecule has 154 valence electrons. The third-order valence-electron chi connectivity index (χ3n) is 4.83. The Morgan fingerprint density at radius 1 is 1.10 bits per heavy atom. The van der Waals surface area contributed by atoms with Gasteiger partial charge in [-0.2, -0.15) is 0 Å². The van der Waals surface area contributed by atoms with Crippen LogP contribution >= 0.6 is 0 Å². The number of aryl methyl sites for hydroxylation is 1. The zero-order valence-corrected chi connectivity index (χ0v) is 16.5. The SMILES string of the molecule is CCc1ccc(C=C2Oc3cc(OC(=O)c4cccc([N+](=O)[O-])c4)ccc3C2=O)cc1. The fraction of sp³-hybridized carbons (Fsp3) is 0.0833. The van der Waals surface area contributed by atoms with Crippen LogP contribution in [0.1, 0.15) is 38.8 Å². The van der Waals surface area contributed by atoms with Crippen LogP contribution in [0.15, 0.2) is 72.5 Å². The number of esters is 1. The average Bonchev–Trinajstić information content (AvgIpc) is 3.08. The van der Waals surface area contributed by atoms with Crippen LogP contribution in [0.3, 0.4) is 0 Å². The van der Waals surface area contributed by atoms with Crippen molar-refractivity contribution in [2.75, 3.05) is 0 Å². The number of ether oxygens (including phenoxy) is 2. The molecular weight excluding hydrogens is 398 g/mol. The van der Waals surface area contributed by atoms with Crippen molar-refractivity contribution in [2.24, 2.45) is 0 Å². The van der Waals surface area contributed by atoms with Gasteiger partial charge in [0.1, 0.15) is 11.5 Å². The first-order chi connectivity index (χ1) is 14.9. The fourth-order valence-electron chi connectivity index (χ4n) is 3.14. The Morgan fingerprint density at radius 3 is 2.58 bits per heavy atom. The first-order valence-corrected chi connectivity index (χ1v) is 9.58. The van der Waals surface area contributed by atoms with Gasteiger partial charge in [-0.25, -0.2) is 4.79 Å². The van der Waals surface area contributed by atoms with E-state index in [4.69, 9.17) is 9.47 Å². The number of non-ortho nitro benzene ring substituents is 1. The number of nitro benzene ring substituents is 1. The Morgan fingerprint density at radius 2 is 1.87 bits per heavy atom. The maximum absolute atomic E-state index is 12.6. The van der Waals surface area contributed by atoms with Crippen LogP contribution in [0.5, 0.6) is 11.5 Å². The molecule has 0 saturated heterocycles. The molecule has 3 aromatic carbocycles. The molecule has 0 aromatic heterocycles. The monoisotopic (exact) mass is 415 g/mol. The number of carbonyl (C=O) groups excluding carboxylic acids is 2. The van der Waals surface area contributed by atoms with E-state index in [1.54, 1.807) is 6.08 Å². The van der Waals surface area contributed by atoms with Gasteiger partial charge in [0, 0.05) is 18.2 Å². The molecule has 0 saturated carbocycles. The van der Waals surface area contributed by atoms with Crippen molar-refractivity contribution in [2.45, 2.75) is 13.3 Å². The molecular formula is C24H17NO6. The highest BCUT2D eigenvalue weighted by Crippen LogP contribution is 2.35. The highest BCUT2D eigenvalue weighted by molar-refractivity contribution is 6.14. The summed E-state index contributed by atoms with van der Waals surface area (Å²) in [4.78, 5) is 35.3. The number of Topliss-reactive ketones (excluding diaryl/α,β-unsaturated/α-hetero) is 1. The van der Waals surface area contributed by atoms with Gasteiger partial charge in [-0.1, -0.05) is 37.3 Å². The van der Waals surface area contributed by atoms with Crippen LogP contribution in [0.25, 0.3) is 6.08 Å². The molecule has 4 rings (SSSR count). The van der Waals surface area contributed by atoms with Crippen LogP contribution in [0, 0.1) is 10.1 Å². The number of rotatable bonds is 5. The summed E-state index contributed by atoms with van der Waals surface area (Å²) in [5, 5.41) is 10.9. The highest BCUT2D eigenvalue weighted by Gasteiger charge is 2.28. The summed E-state index contributed by atoms with van der Waals surface area (Å²) >= 11 is 0. The third-order valence-corrected chi connectivity index (χ3v) is 4.83. The van der Waals surface area contributed by atoms with Crippen molar-refractivity contribution in [1.29, 1.82) is 0 Å². The Bertz CT molecular complexity index is 1230. The first-order valence-electron chi connectivity index (χ1n) is 9.58. The molecule has 0 atom stereocenters. The summed E-state index contributed by atoms with van der Waals surface area (Å²) in [5.74, 6) is -0.380. The lowest BCUT2D eigenvalue weighted by Crippen LogP contribution is -2.08. The lowest BCUT2D eigenvalue weighted by atomic mass is 10.1. The van der Waals surface area contributed by atoms with E-state index in [9.17, 15) is 19.7 Å². The van der Waals surface area contributed by atoms with Gasteiger partial charge < -0.3 is 9.47 Å². The van der Waals surface area contributed by atoms with Gasteiger partial charge in [-0.05, 0) is 41.8 Å². The van der Waals surface area contributed by atoms with E-state index in [0.29, 0.717) is 5.56 Å². The first kappa shape index (κ1) is 20.0. The van der Waals surface area contributed by atoms with E-state index >= 15 is 0 Å². The molecule has 7 heteroatoms. The number of allylic oxidation sites excluding steroid dienone is 1. The van der Waals surface area contributed by atoms with Gasteiger partial charge in [-0.15, -0.1) is 0 Å². The highest BCUT2D eigenvalue weighted by atomic mass is 16.6. The van der Waals surface area contributed by atoms with Gasteiger partial charge in [0.05, 0.1) is 16.1 Å². The molecule has 1 aliphatic heterocycles. The van der Waals surface area contributed by atoms with Crippen LogP contribution < -0.4 is 9.47 Å². The molecule has 0 bridgehead atoms. The maximum Gasteiger partial charge on any atom is 0.343 e. The largest absolute Gasteiger partial charge is 0.452 e. The number of fused-ring (bicyclic) bond motifs is 1. The summed E-state index contributed by atoms with van der Waals surface area (Å²) in [6.07, 6.45) is 2.59. The predicted octanol–water partition coefficient (Wildman–Crippen LogP) is 4.99. The van der Waals surface area contributed by atoms with Crippen LogP contribution in [0.2, 0.25) is 0 Å². The number of hydrogen-bond donors (Lipinski definition) is 0. The Hall–Kier alpha value is -4.26. The lowest BCUT2D eigenvalue weighted by Gasteiger charge is -2.05. The van der Waals surface area contributed by atoms with Crippen LogP contribution in [-0.4, -0.2) is 16.7 Å². The zero-order chi connectivity index (χ0) is 22.0. The van der Waals surface area contributed by atoms with Crippen molar-refractivity contribution in [3.8, 4) is 11.5 Å². The van der Waals surface area contributed by atoms with Gasteiger partial charge >= 0.3 is 5.97 Å². The lowest BCUT2D eigenvalue weighted by molar-refractivity contribution is -0.384. The van der Waals surface area contributed by atoms with Crippen LogP contribution in [0.4, 0.5) is 5.69 Å². The second-order valence-corrected chi connectivity index (χ2v) is 6.89. The zero-order valence-electron chi connectivity index (χ0n) is 16.5. The molecule has 7 nitrogen and oxygen atoms in total. The standard InChI is InChI=1S/C24H17NO6/c1-2-15-6-8-16(9-7-15)12-22-23(26)20-11-10-19(14-21(20)31-22)30-24(27)17-4-3-5-18(13-17)25(28)29/h3-14H,2H2,1H3. The smallest absolute Gasteiger partial charge is 0.343 e. The van der Waals surface area contributed by atoms with Crippen molar-refractivity contribution in [3.63, 3.8) is 0 Å². The van der Waals surface area contributed by atoms with Gasteiger partial charge in [0.15, 0.2) is 5.76 Å². The Balaban J connectivity index is 1.53. The van der Waals surface area contributed by atoms with E-state index in [1.165, 1.54) is 42.0 Å². The second-order valence-electron chi connectivity index (χ2n) is 6.89. The molecule has 0 aliphatic carbocycles. The molecule has 1 heterocycles. The Kier molecular flexibility index (Phi) is 5.32. The summed E-state index contributed by atoms with van der Waals surface area (Å²) in [6, 6.07) is 17.5. The molecule has 0 unspecified atom stereocenters. The second kappa shape index (κ2) is 8.23. The topological polar surface area (TPSA) is 95.7 Å². The minimum atomic E-state index is -0.750. The molecule has 0 spiro atoms. The third kappa shape index (κ3) is 4.20. The average molecular weight is 415 g/mol. The number of hydrogen-bond acceptors (Lipinski definition) is 6. The van der Waals surface area contributed by atoms with Gasteiger partial charge in [0.25, 0.3) is 5.69 Å². The summed E-state index contributed by atoms with van der Waals surface area (Å²) < 4.78 is 11.0. The minimum absolute atomic E-state index is 0.0443. The molecule has 1 aliphatic rings. The van der Waals surface area contributed by atoms with Gasteiger partial charge in [-0.3, -0.25) is 14.9 Å². The fourth-order valence-corrected chi connectivity index (χ4v) is 3.14. The predicted molar refractivity (Wildman–Crippen MR) is 113 cm³/mol. The number of ketones is 1. The molecule has 0 fully saturated rings. The number of nitro groups is 1. The molecule has 3 aromatic rings. The number of nitrogens with zero attached hydrogens (tertiary/aromatic N) is 1. The Labute approximate surface area is 177 Å². The molecule has 0 N–H and O–H groups in total. The molecule has 31 heavy (non-hydrogen) atoms. The summed E-state index contributed by atoms with van der Waals surface area (Å²) in [7, 11) is 0. The molecule has 0 amide bonds. The van der Waals surface area contributed by atoms with Crippen LogP contribution in [-0.2, 0) is 6.42 Å². The molecule has 0 radical (unpaired) electrons. The van der Waals surface area contributed by atoms with Crippen molar-refractivity contribution in [3.05, 3.63) is 105 Å². The summed E-state index contributed by atoms with van der Waals surface area (Å²) in [5.41, 5.74) is 2.23. The van der Waals surface area contributed by atoms with E-state index in [2.05, 4.69) is 6.92 Å². The number of carbonyl (C=O) groups is 2. The summed E-state index contributed by atoms with van der Waals surface area (Å²) in [6.45, 7) is 2.07.